The van der Waals surface area contributed by atoms with Crippen molar-refractivity contribution in [2.24, 2.45) is 5.92 Å². The Bertz CT molecular complexity index is 628. The zero-order valence-electron chi connectivity index (χ0n) is 13.1. The smallest absolute Gasteiger partial charge is 0.241 e. The van der Waals surface area contributed by atoms with Gasteiger partial charge < -0.3 is 9.80 Å². The van der Waals surface area contributed by atoms with E-state index in [4.69, 9.17) is 0 Å². The van der Waals surface area contributed by atoms with Crippen LogP contribution in [0.15, 0.2) is 23.2 Å². The Morgan fingerprint density at radius 3 is 2.68 bits per heavy atom. The zero-order chi connectivity index (χ0) is 16.3. The number of amides is 1. The zero-order valence-corrected chi connectivity index (χ0v) is 13.9. The highest BCUT2D eigenvalue weighted by molar-refractivity contribution is 7.89. The van der Waals surface area contributed by atoms with Gasteiger partial charge in [-0.3, -0.25) is 4.79 Å². The Kier molecular flexibility index (Phi) is 5.02. The summed E-state index contributed by atoms with van der Waals surface area (Å²) >= 11 is 0. The van der Waals surface area contributed by atoms with Crippen LogP contribution < -0.4 is 9.62 Å². The van der Waals surface area contributed by atoms with Crippen LogP contribution in [0.4, 0.5) is 5.82 Å². The number of carbonyl (C=O) groups excluding carboxylic acids is 1. The molecule has 8 heteroatoms. The second-order valence-corrected chi connectivity index (χ2v) is 7.46. The molecule has 2 heterocycles. The number of nitrogens with one attached hydrogen (secondary N) is 1. The average Bonchev–Trinajstić information content (AvgIpc) is 2.54. The number of nitrogens with zero attached hydrogens (tertiary/aromatic N) is 3. The SMILES string of the molecule is CNS(=O)(=O)c1ccc(N2CCCC(C(=O)N(C)C)C2)nc1. The summed E-state index contributed by atoms with van der Waals surface area (Å²) in [5.74, 6) is 0.789. The molecule has 1 aliphatic rings. The van der Waals surface area contributed by atoms with Gasteiger partial charge in [-0.25, -0.2) is 18.1 Å². The third kappa shape index (κ3) is 3.56. The Hall–Kier alpha value is -1.67. The van der Waals surface area contributed by atoms with Crippen LogP contribution in [0.1, 0.15) is 12.8 Å². The Morgan fingerprint density at radius 1 is 1.41 bits per heavy atom. The van der Waals surface area contributed by atoms with Crippen molar-refractivity contribution in [2.45, 2.75) is 17.7 Å². The van der Waals surface area contributed by atoms with Crippen molar-refractivity contribution >= 4 is 21.7 Å². The number of anilines is 1. The number of aromatic nitrogens is 1. The summed E-state index contributed by atoms with van der Waals surface area (Å²) in [5, 5.41) is 0. The topological polar surface area (TPSA) is 82.6 Å². The van der Waals surface area contributed by atoms with Crippen LogP contribution in [0.5, 0.6) is 0 Å². The van der Waals surface area contributed by atoms with E-state index in [0.29, 0.717) is 12.4 Å². The van der Waals surface area contributed by atoms with E-state index in [9.17, 15) is 13.2 Å². The Morgan fingerprint density at radius 2 is 2.14 bits per heavy atom. The molecule has 1 aromatic rings. The molecule has 1 aromatic heterocycles. The maximum Gasteiger partial charge on any atom is 0.241 e. The number of hydrogen-bond acceptors (Lipinski definition) is 5. The molecule has 0 radical (unpaired) electrons. The molecule has 0 bridgehead atoms. The number of rotatable bonds is 4. The van der Waals surface area contributed by atoms with Crippen molar-refractivity contribution in [2.75, 3.05) is 39.1 Å². The maximum atomic E-state index is 12.1. The van der Waals surface area contributed by atoms with Gasteiger partial charge in [-0.1, -0.05) is 0 Å². The van der Waals surface area contributed by atoms with Crippen molar-refractivity contribution in [1.82, 2.24) is 14.6 Å². The molecule has 7 nitrogen and oxygen atoms in total. The molecule has 0 aromatic carbocycles. The summed E-state index contributed by atoms with van der Waals surface area (Å²) in [5.41, 5.74) is 0. The molecular formula is C14H22N4O3S. The molecule has 1 fully saturated rings. The molecule has 1 amide bonds. The van der Waals surface area contributed by atoms with Crippen LogP contribution in [0.2, 0.25) is 0 Å². The van der Waals surface area contributed by atoms with Gasteiger partial charge in [-0.2, -0.15) is 0 Å². The first-order valence-electron chi connectivity index (χ1n) is 7.21. The van der Waals surface area contributed by atoms with Crippen LogP contribution in [0.25, 0.3) is 0 Å². The number of pyridine rings is 1. The Balaban J connectivity index is 2.13. The molecule has 1 atom stereocenters. The molecule has 122 valence electrons. The minimum absolute atomic E-state index is 0.0359. The lowest BCUT2D eigenvalue weighted by molar-refractivity contribution is -0.133. The van der Waals surface area contributed by atoms with Crippen molar-refractivity contribution in [3.63, 3.8) is 0 Å². The molecule has 0 saturated carbocycles. The second kappa shape index (κ2) is 6.62. The number of carbonyl (C=O) groups is 1. The Labute approximate surface area is 131 Å². The second-order valence-electron chi connectivity index (χ2n) is 5.58. The first-order valence-corrected chi connectivity index (χ1v) is 8.69. The van der Waals surface area contributed by atoms with Crippen LogP contribution in [-0.2, 0) is 14.8 Å². The average molecular weight is 326 g/mol. The van der Waals surface area contributed by atoms with E-state index in [1.165, 1.54) is 19.3 Å². The minimum atomic E-state index is -3.47. The summed E-state index contributed by atoms with van der Waals surface area (Å²) in [4.78, 5) is 20.1. The van der Waals surface area contributed by atoms with Gasteiger partial charge in [0.05, 0.1) is 5.92 Å². The quantitative estimate of drug-likeness (QED) is 0.860. The van der Waals surface area contributed by atoms with Gasteiger partial charge in [-0.15, -0.1) is 0 Å². The van der Waals surface area contributed by atoms with Gasteiger partial charge in [-0.05, 0) is 32.0 Å². The summed E-state index contributed by atoms with van der Waals surface area (Å²) < 4.78 is 25.6. The highest BCUT2D eigenvalue weighted by Crippen LogP contribution is 2.23. The van der Waals surface area contributed by atoms with Gasteiger partial charge >= 0.3 is 0 Å². The first kappa shape index (κ1) is 16.7. The monoisotopic (exact) mass is 326 g/mol. The van der Waals surface area contributed by atoms with Crippen LogP contribution in [0.3, 0.4) is 0 Å². The van der Waals surface area contributed by atoms with E-state index >= 15 is 0 Å². The van der Waals surface area contributed by atoms with Gasteiger partial charge in [0.25, 0.3) is 0 Å². The standard InChI is InChI=1S/C14H22N4O3S/c1-15-22(20,21)12-6-7-13(16-9-12)18-8-4-5-11(10-18)14(19)17(2)3/h6-7,9,11,15H,4-5,8,10H2,1-3H3. The lowest BCUT2D eigenvalue weighted by Crippen LogP contribution is -2.43. The molecule has 1 aliphatic heterocycles. The highest BCUT2D eigenvalue weighted by Gasteiger charge is 2.27. The number of piperidine rings is 1. The van der Waals surface area contributed by atoms with Gasteiger partial charge in [0.1, 0.15) is 10.7 Å². The van der Waals surface area contributed by atoms with Crippen LogP contribution in [-0.4, -0.2) is 58.4 Å². The fourth-order valence-corrected chi connectivity index (χ4v) is 3.26. The van der Waals surface area contributed by atoms with E-state index < -0.39 is 10.0 Å². The number of hydrogen-bond donors (Lipinski definition) is 1. The van der Waals surface area contributed by atoms with Crippen LogP contribution in [0, 0.1) is 5.92 Å². The largest absolute Gasteiger partial charge is 0.356 e. The third-order valence-electron chi connectivity index (χ3n) is 3.84. The lowest BCUT2D eigenvalue weighted by atomic mass is 9.97. The number of sulfonamides is 1. The summed E-state index contributed by atoms with van der Waals surface area (Å²) in [6.45, 7) is 1.43. The van der Waals surface area contributed by atoms with Gasteiger partial charge in [0.2, 0.25) is 15.9 Å². The molecule has 0 spiro atoms. The predicted octanol–water partition coefficient (Wildman–Crippen LogP) is 0.294. The van der Waals surface area contributed by atoms with E-state index in [1.54, 1.807) is 25.1 Å². The van der Waals surface area contributed by atoms with Crippen molar-refractivity contribution in [1.29, 1.82) is 0 Å². The fraction of sp³-hybridized carbons (Fsp3) is 0.571. The highest BCUT2D eigenvalue weighted by atomic mass is 32.2. The van der Waals surface area contributed by atoms with Crippen molar-refractivity contribution in [3.05, 3.63) is 18.3 Å². The van der Waals surface area contributed by atoms with Gasteiger partial charge in [0.15, 0.2) is 0 Å². The van der Waals surface area contributed by atoms with Gasteiger partial charge in [0, 0.05) is 33.4 Å². The molecule has 22 heavy (non-hydrogen) atoms. The molecule has 1 N–H and O–H groups in total. The van der Waals surface area contributed by atoms with E-state index in [1.807, 2.05) is 4.90 Å². The van der Waals surface area contributed by atoms with E-state index in [-0.39, 0.29) is 16.7 Å². The third-order valence-corrected chi connectivity index (χ3v) is 5.23. The lowest BCUT2D eigenvalue weighted by Gasteiger charge is -2.34. The van der Waals surface area contributed by atoms with Crippen molar-refractivity contribution < 1.29 is 13.2 Å². The van der Waals surface area contributed by atoms with Crippen LogP contribution >= 0.6 is 0 Å². The fourth-order valence-electron chi connectivity index (χ4n) is 2.59. The van der Waals surface area contributed by atoms with E-state index in [0.717, 1.165) is 19.4 Å². The maximum absolute atomic E-state index is 12.1. The molecular weight excluding hydrogens is 304 g/mol. The van der Waals surface area contributed by atoms with E-state index in [2.05, 4.69) is 9.71 Å². The summed E-state index contributed by atoms with van der Waals surface area (Å²) in [6.07, 6.45) is 3.14. The molecule has 2 rings (SSSR count). The minimum Gasteiger partial charge on any atom is -0.356 e. The predicted molar refractivity (Wildman–Crippen MR) is 84.1 cm³/mol. The normalized spacial score (nSPS) is 19.0. The van der Waals surface area contributed by atoms with Crippen molar-refractivity contribution in [3.8, 4) is 0 Å². The summed E-state index contributed by atoms with van der Waals surface area (Å²) in [6, 6.07) is 3.22. The summed E-state index contributed by atoms with van der Waals surface area (Å²) in [7, 11) is 1.42. The molecule has 1 unspecified atom stereocenters. The molecule has 0 aliphatic carbocycles. The molecule has 1 saturated heterocycles. The first-order chi connectivity index (χ1) is 10.3.